The third-order valence-corrected chi connectivity index (χ3v) is 2.38. The van der Waals surface area contributed by atoms with Gasteiger partial charge >= 0.3 is 0 Å². The van der Waals surface area contributed by atoms with Crippen molar-refractivity contribution in [1.29, 1.82) is 0 Å². The molecular weight excluding hydrogens is 206 g/mol. The molecule has 16 heavy (non-hydrogen) atoms. The van der Waals surface area contributed by atoms with Crippen LogP contribution in [0, 0.1) is 0 Å². The summed E-state index contributed by atoms with van der Waals surface area (Å²) in [6.07, 6.45) is 1.60. The molecule has 2 N–H and O–H groups in total. The molecule has 1 aromatic carbocycles. The Bertz CT molecular complexity index is 479. The number of aromatic nitrogens is 1. The monoisotopic (exact) mass is 219 g/mol. The lowest BCUT2D eigenvalue weighted by Gasteiger charge is -2.01. The summed E-state index contributed by atoms with van der Waals surface area (Å²) < 4.78 is 5.50. The van der Waals surface area contributed by atoms with Crippen LogP contribution in [0.3, 0.4) is 0 Å². The van der Waals surface area contributed by atoms with Crippen molar-refractivity contribution >= 4 is 0 Å². The van der Waals surface area contributed by atoms with Gasteiger partial charge in [0.1, 0.15) is 11.5 Å². The number of benzene rings is 1. The van der Waals surface area contributed by atoms with E-state index in [0.29, 0.717) is 11.7 Å². The van der Waals surface area contributed by atoms with Gasteiger partial charge in [-0.1, -0.05) is 13.0 Å². The number of hydrogen-bond donors (Lipinski definition) is 2. The second-order valence-electron chi connectivity index (χ2n) is 3.70. The molecule has 4 nitrogen and oxygen atoms in total. The van der Waals surface area contributed by atoms with Gasteiger partial charge in [-0.2, -0.15) is 0 Å². The number of rotatable bonds is 3. The van der Waals surface area contributed by atoms with Crippen molar-refractivity contribution in [2.24, 2.45) is 0 Å². The molecule has 1 atom stereocenters. The predicted octanol–water partition coefficient (Wildman–Crippen LogP) is 2.14. The minimum atomic E-state index is -0.0708. The molecule has 0 saturated heterocycles. The largest absolute Gasteiger partial charge is 0.508 e. The van der Waals surface area contributed by atoms with Crippen LogP contribution in [-0.4, -0.2) is 21.8 Å². The first kappa shape index (κ1) is 10.7. The summed E-state index contributed by atoms with van der Waals surface area (Å²) in [6.45, 7) is 1.88. The zero-order valence-electron chi connectivity index (χ0n) is 8.92. The van der Waals surface area contributed by atoms with Gasteiger partial charge in [0.25, 0.3) is 0 Å². The van der Waals surface area contributed by atoms with E-state index in [0.717, 1.165) is 5.56 Å². The van der Waals surface area contributed by atoms with Crippen LogP contribution in [0.1, 0.15) is 18.6 Å². The first-order valence-corrected chi connectivity index (χ1v) is 5.06. The third kappa shape index (κ3) is 2.06. The number of aromatic hydroxyl groups is 1. The van der Waals surface area contributed by atoms with Crippen molar-refractivity contribution in [3.63, 3.8) is 0 Å². The maximum atomic E-state index is 9.33. The number of phenolic OH excluding ortho intramolecular Hbond substituents is 1. The number of nitrogens with zero attached hydrogens (tertiary/aromatic N) is 1. The molecule has 0 fully saturated rings. The maximum Gasteiger partial charge on any atom is 0.226 e. The lowest BCUT2D eigenvalue weighted by Crippen LogP contribution is -1.96. The van der Waals surface area contributed by atoms with E-state index in [1.54, 1.807) is 30.5 Å². The molecule has 1 unspecified atom stereocenters. The average molecular weight is 219 g/mol. The first-order chi connectivity index (χ1) is 7.70. The number of oxazole rings is 1. The Morgan fingerprint density at radius 1 is 1.44 bits per heavy atom. The van der Waals surface area contributed by atoms with Crippen molar-refractivity contribution in [2.75, 3.05) is 6.61 Å². The molecule has 0 saturated carbocycles. The van der Waals surface area contributed by atoms with Gasteiger partial charge < -0.3 is 14.6 Å². The van der Waals surface area contributed by atoms with E-state index < -0.39 is 0 Å². The summed E-state index contributed by atoms with van der Waals surface area (Å²) in [5.41, 5.74) is 0.719. The average Bonchev–Trinajstić information content (AvgIpc) is 2.77. The molecule has 0 aliphatic rings. The predicted molar refractivity (Wildman–Crippen MR) is 59.1 cm³/mol. The maximum absolute atomic E-state index is 9.33. The number of aliphatic hydroxyl groups excluding tert-OH is 1. The van der Waals surface area contributed by atoms with Gasteiger partial charge in [-0.25, -0.2) is 4.98 Å². The standard InChI is InChI=1S/C12H13NO3/c1-8(7-14)11-6-13-12(16-11)9-3-2-4-10(15)5-9/h2-6,8,14-15H,7H2,1H3. The fourth-order valence-corrected chi connectivity index (χ4v) is 1.38. The van der Waals surface area contributed by atoms with E-state index >= 15 is 0 Å². The van der Waals surface area contributed by atoms with E-state index in [4.69, 9.17) is 9.52 Å². The lowest BCUT2D eigenvalue weighted by atomic mass is 10.1. The van der Waals surface area contributed by atoms with Crippen LogP contribution in [0.4, 0.5) is 0 Å². The van der Waals surface area contributed by atoms with Gasteiger partial charge in [0, 0.05) is 11.5 Å². The van der Waals surface area contributed by atoms with Gasteiger partial charge in [0.2, 0.25) is 5.89 Å². The topological polar surface area (TPSA) is 66.5 Å². The number of hydrogen-bond acceptors (Lipinski definition) is 4. The van der Waals surface area contributed by atoms with Crippen LogP contribution in [-0.2, 0) is 0 Å². The van der Waals surface area contributed by atoms with Gasteiger partial charge in [0.05, 0.1) is 12.8 Å². The van der Waals surface area contributed by atoms with Crippen molar-refractivity contribution < 1.29 is 14.6 Å². The Morgan fingerprint density at radius 2 is 2.25 bits per heavy atom. The summed E-state index contributed by atoms with van der Waals surface area (Å²) in [4.78, 5) is 4.11. The van der Waals surface area contributed by atoms with Crippen LogP contribution in [0.5, 0.6) is 5.75 Å². The number of aliphatic hydroxyl groups is 1. The van der Waals surface area contributed by atoms with Crippen molar-refractivity contribution in [3.05, 3.63) is 36.2 Å². The molecule has 2 rings (SSSR count). The van der Waals surface area contributed by atoms with Gasteiger partial charge in [-0.15, -0.1) is 0 Å². The Kier molecular flexibility index (Phi) is 2.92. The molecule has 0 radical (unpaired) electrons. The molecule has 0 spiro atoms. The third-order valence-electron chi connectivity index (χ3n) is 2.38. The smallest absolute Gasteiger partial charge is 0.226 e. The van der Waals surface area contributed by atoms with E-state index in [9.17, 15) is 5.11 Å². The van der Waals surface area contributed by atoms with E-state index in [1.807, 2.05) is 6.92 Å². The number of phenols is 1. The Balaban J connectivity index is 2.31. The van der Waals surface area contributed by atoms with Crippen molar-refractivity contribution in [3.8, 4) is 17.2 Å². The summed E-state index contributed by atoms with van der Waals surface area (Å²) in [5.74, 6) is 1.19. The van der Waals surface area contributed by atoms with Crippen molar-refractivity contribution in [2.45, 2.75) is 12.8 Å². The Hall–Kier alpha value is -1.81. The van der Waals surface area contributed by atoms with Crippen LogP contribution in [0.25, 0.3) is 11.5 Å². The molecule has 1 aromatic heterocycles. The Labute approximate surface area is 93.2 Å². The van der Waals surface area contributed by atoms with Crippen LogP contribution < -0.4 is 0 Å². The van der Waals surface area contributed by atoms with E-state index in [1.165, 1.54) is 0 Å². The van der Waals surface area contributed by atoms with Crippen LogP contribution in [0.15, 0.2) is 34.9 Å². The molecule has 0 bridgehead atoms. The highest BCUT2D eigenvalue weighted by Gasteiger charge is 2.12. The normalized spacial score (nSPS) is 12.6. The molecule has 2 aromatic rings. The molecule has 84 valence electrons. The lowest BCUT2D eigenvalue weighted by molar-refractivity contribution is 0.258. The minimum Gasteiger partial charge on any atom is -0.508 e. The molecule has 0 aliphatic carbocycles. The van der Waals surface area contributed by atoms with Gasteiger partial charge in [0.15, 0.2) is 0 Å². The first-order valence-electron chi connectivity index (χ1n) is 5.06. The summed E-state index contributed by atoms with van der Waals surface area (Å²) in [5, 5.41) is 18.3. The SMILES string of the molecule is CC(CO)c1cnc(-c2cccc(O)c2)o1. The summed E-state index contributed by atoms with van der Waals surface area (Å²) in [6, 6.07) is 6.70. The van der Waals surface area contributed by atoms with Crippen LogP contribution in [0.2, 0.25) is 0 Å². The molecular formula is C12H13NO3. The molecule has 4 heteroatoms. The fraction of sp³-hybridized carbons (Fsp3) is 0.250. The highest BCUT2D eigenvalue weighted by molar-refractivity contribution is 5.55. The second-order valence-corrected chi connectivity index (χ2v) is 3.70. The van der Waals surface area contributed by atoms with Gasteiger partial charge in [-0.05, 0) is 18.2 Å². The van der Waals surface area contributed by atoms with Crippen LogP contribution >= 0.6 is 0 Å². The molecule has 0 amide bonds. The quantitative estimate of drug-likeness (QED) is 0.830. The molecule has 1 heterocycles. The van der Waals surface area contributed by atoms with E-state index in [-0.39, 0.29) is 18.3 Å². The highest BCUT2D eigenvalue weighted by Crippen LogP contribution is 2.25. The molecule has 0 aliphatic heterocycles. The van der Waals surface area contributed by atoms with Crippen molar-refractivity contribution in [1.82, 2.24) is 4.98 Å². The van der Waals surface area contributed by atoms with E-state index in [2.05, 4.69) is 4.98 Å². The fourth-order valence-electron chi connectivity index (χ4n) is 1.38. The second kappa shape index (κ2) is 4.37. The zero-order chi connectivity index (χ0) is 11.5. The zero-order valence-corrected chi connectivity index (χ0v) is 8.92. The van der Waals surface area contributed by atoms with Gasteiger partial charge in [-0.3, -0.25) is 0 Å². The minimum absolute atomic E-state index is 0.0225. The summed E-state index contributed by atoms with van der Waals surface area (Å²) >= 11 is 0. The highest BCUT2D eigenvalue weighted by atomic mass is 16.4. The Morgan fingerprint density at radius 3 is 2.94 bits per heavy atom. The summed E-state index contributed by atoms with van der Waals surface area (Å²) in [7, 11) is 0.